The van der Waals surface area contributed by atoms with Crippen molar-refractivity contribution in [1.82, 2.24) is 10.6 Å². The van der Waals surface area contributed by atoms with Gasteiger partial charge in [-0.1, -0.05) is 34.6 Å². The van der Waals surface area contributed by atoms with Gasteiger partial charge in [-0.05, 0) is 25.2 Å². The van der Waals surface area contributed by atoms with Crippen LogP contribution in [-0.2, 0) is 9.59 Å². The molecule has 0 aliphatic carbocycles. The predicted molar refractivity (Wildman–Crippen MR) is 87.8 cm³/mol. The minimum absolute atomic E-state index is 0.0455. The first-order valence-electron chi connectivity index (χ1n) is 8.16. The number of nitrogens with one attached hydrogen (secondary N) is 2. The van der Waals surface area contributed by atoms with Crippen LogP contribution in [0, 0.1) is 40.4 Å². The molecule has 0 spiro atoms. The van der Waals surface area contributed by atoms with Crippen LogP contribution >= 0.6 is 0 Å². The Morgan fingerprint density at radius 2 is 1.57 bits per heavy atom. The Labute approximate surface area is 139 Å². The molecular formula is C17H28N4O2. The van der Waals surface area contributed by atoms with Crippen molar-refractivity contribution in [2.45, 2.75) is 66.0 Å². The first kappa shape index (κ1) is 20.9. The highest BCUT2D eigenvalue weighted by atomic mass is 16.2. The van der Waals surface area contributed by atoms with Gasteiger partial charge in [-0.15, -0.1) is 0 Å². The van der Waals surface area contributed by atoms with Crippen molar-refractivity contribution in [3.63, 3.8) is 0 Å². The Morgan fingerprint density at radius 1 is 0.957 bits per heavy atom. The van der Waals surface area contributed by atoms with Gasteiger partial charge in [0.05, 0.1) is 12.1 Å². The quantitative estimate of drug-likeness (QED) is 0.678. The second-order valence-corrected chi connectivity index (χ2v) is 6.32. The van der Waals surface area contributed by atoms with Crippen molar-refractivity contribution in [2.75, 3.05) is 0 Å². The van der Waals surface area contributed by atoms with Crippen molar-refractivity contribution >= 4 is 11.8 Å². The molecule has 0 aromatic rings. The summed E-state index contributed by atoms with van der Waals surface area (Å²) in [6, 6.07) is 3.14. The van der Waals surface area contributed by atoms with Gasteiger partial charge in [0.1, 0.15) is 12.1 Å². The third-order valence-corrected chi connectivity index (χ3v) is 3.91. The van der Waals surface area contributed by atoms with Gasteiger partial charge in [0.15, 0.2) is 0 Å². The number of carbonyl (C=O) groups excluding carboxylic acids is 2. The maximum Gasteiger partial charge on any atom is 0.223 e. The van der Waals surface area contributed by atoms with Gasteiger partial charge in [0.25, 0.3) is 0 Å². The van der Waals surface area contributed by atoms with Crippen LogP contribution in [0.3, 0.4) is 0 Å². The molecule has 3 unspecified atom stereocenters. The maximum atomic E-state index is 12.0. The van der Waals surface area contributed by atoms with E-state index in [2.05, 4.69) is 16.7 Å². The molecule has 6 nitrogen and oxygen atoms in total. The van der Waals surface area contributed by atoms with E-state index in [1.54, 1.807) is 20.8 Å². The molecule has 128 valence electrons. The summed E-state index contributed by atoms with van der Waals surface area (Å²) in [7, 11) is 0. The molecule has 0 aromatic carbocycles. The molecule has 0 saturated carbocycles. The van der Waals surface area contributed by atoms with E-state index in [0.717, 1.165) is 0 Å². The Hall–Kier alpha value is -2.08. The highest BCUT2D eigenvalue weighted by molar-refractivity contribution is 5.79. The predicted octanol–water partition coefficient (Wildman–Crippen LogP) is 2.12. The van der Waals surface area contributed by atoms with Crippen LogP contribution in [0.5, 0.6) is 0 Å². The zero-order chi connectivity index (χ0) is 18.0. The van der Waals surface area contributed by atoms with Gasteiger partial charge in [-0.2, -0.15) is 10.5 Å². The minimum atomic E-state index is -0.553. The lowest BCUT2D eigenvalue weighted by Crippen LogP contribution is -2.41. The average molecular weight is 320 g/mol. The van der Waals surface area contributed by atoms with Gasteiger partial charge < -0.3 is 10.6 Å². The number of hydrogen-bond donors (Lipinski definition) is 2. The van der Waals surface area contributed by atoms with Crippen LogP contribution in [-0.4, -0.2) is 23.9 Å². The third kappa shape index (κ3) is 7.65. The second-order valence-electron chi connectivity index (χ2n) is 6.32. The highest BCUT2D eigenvalue weighted by Crippen LogP contribution is 2.16. The smallest absolute Gasteiger partial charge is 0.223 e. The number of hydrogen-bond acceptors (Lipinski definition) is 4. The van der Waals surface area contributed by atoms with Crippen molar-refractivity contribution in [1.29, 1.82) is 10.5 Å². The summed E-state index contributed by atoms with van der Waals surface area (Å²) in [5.41, 5.74) is 0. The molecule has 0 aliphatic heterocycles. The molecule has 0 radical (unpaired) electrons. The molecule has 0 saturated heterocycles. The molecule has 0 fully saturated rings. The van der Waals surface area contributed by atoms with Gasteiger partial charge >= 0.3 is 0 Å². The van der Waals surface area contributed by atoms with E-state index in [1.807, 2.05) is 19.9 Å². The van der Waals surface area contributed by atoms with Gasteiger partial charge in [0.2, 0.25) is 11.8 Å². The number of nitrogens with zero attached hydrogens (tertiary/aromatic N) is 2. The molecule has 2 N–H and O–H groups in total. The number of rotatable bonds is 9. The third-order valence-electron chi connectivity index (χ3n) is 3.91. The molecule has 2 amide bonds. The summed E-state index contributed by atoms with van der Waals surface area (Å²) in [5.74, 6) is -0.741. The van der Waals surface area contributed by atoms with Crippen molar-refractivity contribution < 1.29 is 9.59 Å². The minimum Gasteiger partial charge on any atom is -0.340 e. The number of amides is 2. The first-order chi connectivity index (χ1) is 10.8. The maximum absolute atomic E-state index is 12.0. The number of carbonyl (C=O) groups is 2. The molecule has 23 heavy (non-hydrogen) atoms. The van der Waals surface area contributed by atoms with Crippen molar-refractivity contribution in [3.8, 4) is 12.1 Å². The largest absolute Gasteiger partial charge is 0.340 e. The monoisotopic (exact) mass is 320 g/mol. The van der Waals surface area contributed by atoms with Crippen LogP contribution in [0.4, 0.5) is 0 Å². The Bertz CT molecular complexity index is 476. The normalized spacial score (nSPS) is 15.7. The molecule has 4 atom stereocenters. The summed E-state index contributed by atoms with van der Waals surface area (Å²) in [4.78, 5) is 23.7. The topological polar surface area (TPSA) is 106 Å². The van der Waals surface area contributed by atoms with E-state index < -0.39 is 12.1 Å². The molecule has 0 aromatic heterocycles. The summed E-state index contributed by atoms with van der Waals surface area (Å²) in [6.45, 7) is 9.10. The molecule has 0 rings (SSSR count). The zero-order valence-electron chi connectivity index (χ0n) is 14.7. The van der Waals surface area contributed by atoms with E-state index in [1.165, 1.54) is 0 Å². The van der Waals surface area contributed by atoms with Crippen molar-refractivity contribution in [2.24, 2.45) is 17.8 Å². The molecule has 0 bridgehead atoms. The Kier molecular flexibility index (Phi) is 9.65. The van der Waals surface area contributed by atoms with Gasteiger partial charge in [-0.3, -0.25) is 9.59 Å². The molecule has 0 aliphatic rings. The summed E-state index contributed by atoms with van der Waals surface area (Å²) >= 11 is 0. The molecule has 0 heterocycles. The van der Waals surface area contributed by atoms with E-state index in [4.69, 9.17) is 5.26 Å². The fraction of sp³-hybridized carbons (Fsp3) is 0.765. The zero-order valence-corrected chi connectivity index (χ0v) is 14.7. The fourth-order valence-corrected chi connectivity index (χ4v) is 1.97. The van der Waals surface area contributed by atoms with E-state index in [-0.39, 0.29) is 29.6 Å². The molecule has 6 heteroatoms. The summed E-state index contributed by atoms with van der Waals surface area (Å²) in [5, 5.41) is 23.5. The van der Waals surface area contributed by atoms with Crippen LogP contribution < -0.4 is 10.6 Å². The lowest BCUT2D eigenvalue weighted by Gasteiger charge is -2.21. The Balaban J connectivity index is 4.42. The van der Waals surface area contributed by atoms with Gasteiger partial charge in [0, 0.05) is 11.8 Å². The van der Waals surface area contributed by atoms with Crippen LogP contribution in [0.25, 0.3) is 0 Å². The lowest BCUT2D eigenvalue weighted by atomic mass is 9.92. The van der Waals surface area contributed by atoms with E-state index >= 15 is 0 Å². The van der Waals surface area contributed by atoms with E-state index in [0.29, 0.717) is 19.3 Å². The van der Waals surface area contributed by atoms with Crippen LogP contribution in [0.1, 0.15) is 53.9 Å². The van der Waals surface area contributed by atoms with Crippen molar-refractivity contribution in [3.05, 3.63) is 0 Å². The Morgan fingerprint density at radius 3 is 2.00 bits per heavy atom. The second kappa shape index (κ2) is 10.6. The highest BCUT2D eigenvalue weighted by Gasteiger charge is 2.23. The van der Waals surface area contributed by atoms with E-state index in [9.17, 15) is 14.9 Å². The molecular weight excluding hydrogens is 292 g/mol. The summed E-state index contributed by atoms with van der Waals surface area (Å²) in [6.07, 6.45) is 1.82. The average Bonchev–Trinajstić information content (AvgIpc) is 2.53. The first-order valence-corrected chi connectivity index (χ1v) is 8.16. The van der Waals surface area contributed by atoms with Gasteiger partial charge in [-0.25, -0.2) is 0 Å². The SMILES string of the molecule is CCC(C#N)NC(=O)C(C)CCC(C)[C@@H](C#N)NC(=O)C(C)C. The summed E-state index contributed by atoms with van der Waals surface area (Å²) < 4.78 is 0. The lowest BCUT2D eigenvalue weighted by molar-refractivity contribution is -0.126. The fourth-order valence-electron chi connectivity index (χ4n) is 1.97. The van der Waals surface area contributed by atoms with Crippen LogP contribution in [0.2, 0.25) is 0 Å². The van der Waals surface area contributed by atoms with Crippen LogP contribution in [0.15, 0.2) is 0 Å². The number of nitriles is 2. The standard InChI is InChI=1S/C17H28N4O2/c1-6-14(9-18)20-17(23)13(5)8-7-12(4)15(10-19)21-16(22)11(2)3/h11-15H,6-8H2,1-5H3,(H,20,23)(H,21,22)/t12?,13?,14?,15-/m1/s1.